The number of benzene rings is 3. The Morgan fingerprint density at radius 3 is 2.24 bits per heavy atom. The summed E-state index contributed by atoms with van der Waals surface area (Å²) in [7, 11) is 0. The minimum atomic E-state index is -0.976. The summed E-state index contributed by atoms with van der Waals surface area (Å²) in [5, 5.41) is 11.7. The molecule has 5 heteroatoms. The summed E-state index contributed by atoms with van der Waals surface area (Å²) >= 11 is 0. The van der Waals surface area contributed by atoms with E-state index in [0.29, 0.717) is 11.1 Å². The lowest BCUT2D eigenvalue weighted by atomic mass is 9.82. The molecule has 0 aliphatic rings. The molecule has 5 rings (SSSR count). The fourth-order valence-corrected chi connectivity index (χ4v) is 4.14. The van der Waals surface area contributed by atoms with Crippen molar-refractivity contribution >= 4 is 27.8 Å². The van der Waals surface area contributed by atoms with Gasteiger partial charge in [-0.2, -0.15) is 0 Å². The number of hydrogen-bond acceptors (Lipinski definition) is 1. The molecule has 3 N–H and O–H groups in total. The van der Waals surface area contributed by atoms with Crippen molar-refractivity contribution in [2.24, 2.45) is 0 Å². The molecule has 0 bridgehead atoms. The maximum atomic E-state index is 13.7. The molecule has 1 unspecified atom stereocenters. The van der Waals surface area contributed by atoms with Crippen LogP contribution in [0.15, 0.2) is 79.1 Å². The number of aromatic amines is 2. The first kappa shape index (κ1) is 17.3. The molecule has 2 aromatic heterocycles. The largest absolute Gasteiger partial charge is 0.478 e. The van der Waals surface area contributed by atoms with Gasteiger partial charge in [-0.3, -0.25) is 0 Å². The maximum absolute atomic E-state index is 13.7. The van der Waals surface area contributed by atoms with Crippen LogP contribution in [0, 0.1) is 5.82 Å². The third-order valence-electron chi connectivity index (χ3n) is 5.42. The van der Waals surface area contributed by atoms with E-state index in [9.17, 15) is 14.3 Å². The lowest BCUT2D eigenvalue weighted by Gasteiger charge is -2.19. The molecule has 142 valence electrons. The number of nitrogens with one attached hydrogen (secondary N) is 2. The molecule has 0 amide bonds. The average molecular weight is 384 g/mol. The maximum Gasteiger partial charge on any atom is 0.335 e. The zero-order valence-corrected chi connectivity index (χ0v) is 15.3. The van der Waals surface area contributed by atoms with Crippen molar-refractivity contribution in [3.8, 4) is 0 Å². The van der Waals surface area contributed by atoms with Gasteiger partial charge in [-0.25, -0.2) is 9.18 Å². The first-order valence-corrected chi connectivity index (χ1v) is 9.28. The molecule has 2 heterocycles. The molecule has 1 atom stereocenters. The summed E-state index contributed by atoms with van der Waals surface area (Å²) in [5.41, 5.74) is 4.47. The number of aromatic carboxylic acids is 1. The lowest BCUT2D eigenvalue weighted by Crippen LogP contribution is -2.09. The second-order valence-corrected chi connectivity index (χ2v) is 7.05. The minimum Gasteiger partial charge on any atom is -0.478 e. The van der Waals surface area contributed by atoms with E-state index in [1.54, 1.807) is 18.2 Å². The zero-order valence-electron chi connectivity index (χ0n) is 15.3. The topological polar surface area (TPSA) is 68.9 Å². The molecule has 4 nitrogen and oxygen atoms in total. The summed E-state index contributed by atoms with van der Waals surface area (Å²) in [6.07, 6.45) is 3.77. The molecule has 0 aliphatic heterocycles. The second-order valence-electron chi connectivity index (χ2n) is 7.05. The number of aromatic nitrogens is 2. The van der Waals surface area contributed by atoms with Crippen LogP contribution in [-0.4, -0.2) is 21.0 Å². The van der Waals surface area contributed by atoms with Crippen molar-refractivity contribution in [3.05, 3.63) is 107 Å². The van der Waals surface area contributed by atoms with Gasteiger partial charge in [-0.1, -0.05) is 36.4 Å². The van der Waals surface area contributed by atoms with E-state index in [1.165, 1.54) is 12.1 Å². The van der Waals surface area contributed by atoms with E-state index in [-0.39, 0.29) is 17.3 Å². The Hall–Kier alpha value is -3.86. The molecule has 0 aliphatic carbocycles. The van der Waals surface area contributed by atoms with E-state index < -0.39 is 5.97 Å². The quantitative estimate of drug-likeness (QED) is 0.374. The number of para-hydroxylation sites is 1. The first-order chi connectivity index (χ1) is 14.1. The van der Waals surface area contributed by atoms with E-state index in [2.05, 4.69) is 9.97 Å². The summed E-state index contributed by atoms with van der Waals surface area (Å²) in [4.78, 5) is 18.4. The number of carboxylic acid groups (broad SMARTS) is 1. The van der Waals surface area contributed by atoms with Crippen LogP contribution in [0.25, 0.3) is 21.8 Å². The number of hydrogen-bond donors (Lipinski definition) is 3. The van der Waals surface area contributed by atoms with Gasteiger partial charge >= 0.3 is 5.97 Å². The number of halogens is 1. The van der Waals surface area contributed by atoms with E-state index in [0.717, 1.165) is 27.4 Å². The molecule has 0 radical (unpaired) electrons. The van der Waals surface area contributed by atoms with Crippen LogP contribution in [0.2, 0.25) is 0 Å². The van der Waals surface area contributed by atoms with Crippen LogP contribution in [-0.2, 0) is 0 Å². The van der Waals surface area contributed by atoms with Crippen LogP contribution in [0.4, 0.5) is 4.39 Å². The van der Waals surface area contributed by atoms with Crippen LogP contribution >= 0.6 is 0 Å². The normalized spacial score (nSPS) is 12.4. The number of carbonyl (C=O) groups is 1. The van der Waals surface area contributed by atoms with Gasteiger partial charge in [-0.05, 0) is 47.0 Å². The van der Waals surface area contributed by atoms with Crippen LogP contribution < -0.4 is 0 Å². The summed E-state index contributed by atoms with van der Waals surface area (Å²) in [6.45, 7) is 0. The Morgan fingerprint density at radius 1 is 0.793 bits per heavy atom. The van der Waals surface area contributed by atoms with Crippen LogP contribution in [0.3, 0.4) is 0 Å². The molecular weight excluding hydrogens is 367 g/mol. The summed E-state index contributed by atoms with van der Waals surface area (Å²) in [5.74, 6) is -1.63. The molecule has 0 fully saturated rings. The third kappa shape index (κ3) is 2.79. The highest BCUT2D eigenvalue weighted by molar-refractivity contribution is 5.93. The average Bonchev–Trinajstić information content (AvgIpc) is 3.33. The van der Waals surface area contributed by atoms with Crippen molar-refractivity contribution in [1.29, 1.82) is 0 Å². The molecule has 0 saturated carbocycles. The highest BCUT2D eigenvalue weighted by atomic mass is 19.1. The van der Waals surface area contributed by atoms with E-state index in [1.807, 2.05) is 48.8 Å². The predicted octanol–water partition coefficient (Wildman–Crippen LogP) is 5.67. The Balaban J connectivity index is 1.84. The van der Waals surface area contributed by atoms with Gasteiger partial charge in [0.25, 0.3) is 0 Å². The van der Waals surface area contributed by atoms with Gasteiger partial charge in [0.05, 0.1) is 5.56 Å². The van der Waals surface area contributed by atoms with Crippen LogP contribution in [0.5, 0.6) is 0 Å². The monoisotopic (exact) mass is 384 g/mol. The van der Waals surface area contributed by atoms with Crippen molar-refractivity contribution in [1.82, 2.24) is 9.97 Å². The van der Waals surface area contributed by atoms with Gasteiger partial charge in [0.15, 0.2) is 0 Å². The smallest absolute Gasteiger partial charge is 0.335 e. The molecule has 0 saturated heterocycles. The SMILES string of the molecule is O=C(O)c1ccccc1C(c1c[nH]c2ccccc12)c1c[nH]c2cc(F)ccc12. The van der Waals surface area contributed by atoms with Crippen molar-refractivity contribution < 1.29 is 14.3 Å². The van der Waals surface area contributed by atoms with Gasteiger partial charge in [0, 0.05) is 40.1 Å². The zero-order chi connectivity index (χ0) is 20.0. The van der Waals surface area contributed by atoms with Gasteiger partial charge < -0.3 is 15.1 Å². The van der Waals surface area contributed by atoms with Crippen molar-refractivity contribution in [2.45, 2.75) is 5.92 Å². The predicted molar refractivity (Wildman–Crippen MR) is 111 cm³/mol. The highest BCUT2D eigenvalue weighted by Crippen LogP contribution is 2.40. The second kappa shape index (κ2) is 6.63. The van der Waals surface area contributed by atoms with E-state index >= 15 is 0 Å². The fourth-order valence-electron chi connectivity index (χ4n) is 4.14. The summed E-state index contributed by atoms with van der Waals surface area (Å²) < 4.78 is 13.7. The first-order valence-electron chi connectivity index (χ1n) is 9.28. The highest BCUT2D eigenvalue weighted by Gasteiger charge is 2.26. The standard InChI is InChI=1S/C24H17FN2O2/c25-14-9-10-16-20(13-27-22(16)11-14)23(17-6-1-2-7-18(17)24(28)29)19-12-26-21-8-4-3-5-15(19)21/h1-13,23,26-27H,(H,28,29). The number of fused-ring (bicyclic) bond motifs is 2. The Bertz CT molecular complexity index is 1370. The van der Waals surface area contributed by atoms with Gasteiger partial charge in [0.1, 0.15) is 5.82 Å². The number of H-pyrrole nitrogens is 2. The molecule has 0 spiro atoms. The number of carboxylic acids is 1. The lowest BCUT2D eigenvalue weighted by molar-refractivity contribution is 0.0695. The Labute approximate surface area is 165 Å². The molecule has 3 aromatic carbocycles. The van der Waals surface area contributed by atoms with Gasteiger partial charge in [-0.15, -0.1) is 0 Å². The number of rotatable bonds is 4. The molecule has 29 heavy (non-hydrogen) atoms. The van der Waals surface area contributed by atoms with Gasteiger partial charge in [0.2, 0.25) is 0 Å². The van der Waals surface area contributed by atoms with E-state index in [4.69, 9.17) is 0 Å². The summed E-state index contributed by atoms with van der Waals surface area (Å²) in [6, 6.07) is 19.6. The van der Waals surface area contributed by atoms with Crippen LogP contribution in [0.1, 0.15) is 33.0 Å². The molecular formula is C24H17FN2O2. The molecule has 5 aromatic rings. The van der Waals surface area contributed by atoms with Crippen molar-refractivity contribution in [2.75, 3.05) is 0 Å². The fraction of sp³-hybridized carbons (Fsp3) is 0.0417. The Morgan fingerprint density at radius 2 is 1.45 bits per heavy atom. The third-order valence-corrected chi connectivity index (χ3v) is 5.42. The minimum absolute atomic E-state index is 0.249. The Kier molecular flexibility index (Phi) is 3.95. The van der Waals surface area contributed by atoms with Crippen molar-refractivity contribution in [3.63, 3.8) is 0 Å².